The highest BCUT2D eigenvalue weighted by Crippen LogP contribution is 2.43. The Morgan fingerprint density at radius 3 is 2.70 bits per heavy atom. The van der Waals surface area contributed by atoms with E-state index in [1.54, 1.807) is 11.8 Å². The molecular formula is C18H18N3S2+. The fourth-order valence-corrected chi connectivity index (χ4v) is 4.83. The highest BCUT2D eigenvalue weighted by Gasteiger charge is 2.44. The number of nitrogens with two attached hydrogens (primary N) is 1. The lowest BCUT2D eigenvalue weighted by atomic mass is 9.88. The highest BCUT2D eigenvalue weighted by atomic mass is 32.2. The van der Waals surface area contributed by atoms with E-state index in [2.05, 4.69) is 54.6 Å². The fourth-order valence-electron chi connectivity index (χ4n) is 3.28. The lowest BCUT2D eigenvalue weighted by Gasteiger charge is -2.24. The number of fused-ring (bicyclic) bond motifs is 3. The van der Waals surface area contributed by atoms with Gasteiger partial charge in [0.1, 0.15) is 5.71 Å². The van der Waals surface area contributed by atoms with E-state index >= 15 is 0 Å². The summed E-state index contributed by atoms with van der Waals surface area (Å²) < 4.78 is 2.02. The first-order chi connectivity index (χ1) is 11.3. The molecule has 0 aliphatic carbocycles. The van der Waals surface area contributed by atoms with Crippen molar-refractivity contribution in [1.29, 1.82) is 0 Å². The van der Waals surface area contributed by atoms with Crippen LogP contribution in [0.15, 0.2) is 64.6 Å². The van der Waals surface area contributed by atoms with Crippen molar-refractivity contribution in [3.63, 3.8) is 0 Å². The molecule has 0 bridgehead atoms. The second kappa shape index (κ2) is 6.06. The number of amidine groups is 1. The van der Waals surface area contributed by atoms with Crippen molar-refractivity contribution in [2.45, 2.75) is 10.9 Å². The molecule has 5 heteroatoms. The van der Waals surface area contributed by atoms with Crippen LogP contribution >= 0.6 is 23.5 Å². The summed E-state index contributed by atoms with van der Waals surface area (Å²) in [6.45, 7) is 0. The lowest BCUT2D eigenvalue weighted by molar-refractivity contribution is -0.570. The molecule has 0 spiro atoms. The molecule has 2 aliphatic heterocycles. The monoisotopic (exact) mass is 340 g/mol. The minimum Gasteiger partial charge on any atom is -0.280 e. The lowest BCUT2D eigenvalue weighted by Crippen LogP contribution is -2.29. The molecule has 2 N–H and O–H groups in total. The van der Waals surface area contributed by atoms with Crippen molar-refractivity contribution < 1.29 is 4.68 Å². The molecule has 0 radical (unpaired) electrons. The number of hydrogen-bond donors (Lipinski definition) is 1. The van der Waals surface area contributed by atoms with Gasteiger partial charge in [-0.2, -0.15) is 0 Å². The summed E-state index contributed by atoms with van der Waals surface area (Å²) in [5.74, 6) is 1.40. The highest BCUT2D eigenvalue weighted by molar-refractivity contribution is 8.12. The third-order valence-electron chi connectivity index (χ3n) is 4.37. The number of nitrogens with zero attached hydrogens (tertiary/aromatic N) is 2. The van der Waals surface area contributed by atoms with Crippen molar-refractivity contribution in [2.75, 3.05) is 12.0 Å². The third-order valence-corrected chi connectivity index (χ3v) is 6.17. The second-order valence-corrected chi connectivity index (χ2v) is 7.53. The number of hydrazone groups is 1. The summed E-state index contributed by atoms with van der Waals surface area (Å²) in [5, 5.41) is 5.69. The SMILES string of the molecule is CS/C(N)=[N+]1/N=C2c3ccccc3SC[C@H]2[C@H]1c1ccccc1. The summed E-state index contributed by atoms with van der Waals surface area (Å²) >= 11 is 3.47. The first-order valence-electron chi connectivity index (χ1n) is 7.61. The normalized spacial score (nSPS) is 24.7. The molecule has 2 aromatic rings. The number of thioether (sulfide) groups is 2. The van der Waals surface area contributed by atoms with Crippen molar-refractivity contribution >= 4 is 34.4 Å². The van der Waals surface area contributed by atoms with Crippen molar-refractivity contribution in [3.8, 4) is 0 Å². The first-order valence-corrected chi connectivity index (χ1v) is 9.82. The molecular weight excluding hydrogens is 322 g/mol. The molecule has 2 heterocycles. The number of rotatable bonds is 1. The van der Waals surface area contributed by atoms with Gasteiger partial charge < -0.3 is 0 Å². The van der Waals surface area contributed by atoms with Crippen molar-refractivity contribution in [1.82, 2.24) is 0 Å². The average molecular weight is 340 g/mol. The van der Waals surface area contributed by atoms with Gasteiger partial charge in [0.2, 0.25) is 0 Å². The smallest absolute Gasteiger partial charge is 0.280 e. The molecule has 116 valence electrons. The predicted molar refractivity (Wildman–Crippen MR) is 99.3 cm³/mol. The molecule has 0 amide bonds. The van der Waals surface area contributed by atoms with E-state index in [1.165, 1.54) is 21.7 Å². The molecule has 0 unspecified atom stereocenters. The largest absolute Gasteiger partial charge is 0.329 e. The summed E-state index contributed by atoms with van der Waals surface area (Å²) in [6, 6.07) is 19.3. The van der Waals surface area contributed by atoms with Crippen LogP contribution in [0.25, 0.3) is 0 Å². The molecule has 23 heavy (non-hydrogen) atoms. The minimum absolute atomic E-state index is 0.180. The van der Waals surface area contributed by atoms with Crippen LogP contribution < -0.4 is 5.73 Å². The number of benzene rings is 2. The van der Waals surface area contributed by atoms with Crippen LogP contribution in [0.1, 0.15) is 17.2 Å². The van der Waals surface area contributed by atoms with Crippen LogP contribution in [0.2, 0.25) is 0 Å². The maximum Gasteiger partial charge on any atom is 0.329 e. The third kappa shape index (κ3) is 2.48. The van der Waals surface area contributed by atoms with Gasteiger partial charge in [0.05, 0.1) is 5.92 Å². The van der Waals surface area contributed by atoms with Gasteiger partial charge >= 0.3 is 5.17 Å². The fraction of sp³-hybridized carbons (Fsp3) is 0.222. The summed E-state index contributed by atoms with van der Waals surface area (Å²) in [7, 11) is 0. The van der Waals surface area contributed by atoms with E-state index in [0.29, 0.717) is 5.92 Å². The maximum atomic E-state index is 6.27. The van der Waals surface area contributed by atoms with Gasteiger partial charge in [-0.1, -0.05) is 53.6 Å². The van der Waals surface area contributed by atoms with Gasteiger partial charge in [0, 0.05) is 16.2 Å². The summed E-state index contributed by atoms with van der Waals surface area (Å²) in [6.07, 6.45) is 2.00. The zero-order valence-electron chi connectivity index (χ0n) is 12.8. The first kappa shape index (κ1) is 14.8. The van der Waals surface area contributed by atoms with Gasteiger partial charge in [-0.05, 0) is 29.6 Å². The van der Waals surface area contributed by atoms with Crippen molar-refractivity contribution in [3.05, 3.63) is 65.7 Å². The Bertz CT molecular complexity index is 799. The molecule has 2 aliphatic rings. The minimum atomic E-state index is 0.180. The van der Waals surface area contributed by atoms with E-state index in [0.717, 1.165) is 10.9 Å². The average Bonchev–Trinajstić information content (AvgIpc) is 3.01. The van der Waals surface area contributed by atoms with Crippen LogP contribution in [0.4, 0.5) is 0 Å². The van der Waals surface area contributed by atoms with Gasteiger partial charge in [0.25, 0.3) is 0 Å². The molecule has 3 nitrogen and oxygen atoms in total. The Morgan fingerprint density at radius 2 is 1.91 bits per heavy atom. The Labute approximate surface area is 144 Å². The zero-order chi connectivity index (χ0) is 15.8. The van der Waals surface area contributed by atoms with Gasteiger partial charge in [0.15, 0.2) is 6.04 Å². The van der Waals surface area contributed by atoms with Gasteiger partial charge in [-0.15, -0.1) is 16.4 Å². The molecule has 0 aromatic heterocycles. The van der Waals surface area contributed by atoms with Gasteiger partial charge in [-0.25, -0.2) is 0 Å². The summed E-state index contributed by atoms with van der Waals surface area (Å²) in [5.41, 5.74) is 9.97. The Kier molecular flexibility index (Phi) is 3.91. The predicted octanol–water partition coefficient (Wildman–Crippen LogP) is 3.56. The molecule has 0 saturated heterocycles. The Morgan fingerprint density at radius 1 is 1.17 bits per heavy atom. The van der Waals surface area contributed by atoms with E-state index in [1.807, 2.05) is 22.7 Å². The summed E-state index contributed by atoms with van der Waals surface area (Å²) in [4.78, 5) is 1.32. The molecule has 0 fully saturated rings. The molecule has 2 aromatic carbocycles. The standard InChI is InChI=1S/C18H17N3S2/c1-22-18(19)21-17(12-7-3-2-4-8-12)14-11-23-15-10-6-5-9-13(15)16(14)20-21/h2-10,14,17,19H,11H2,1H3/p+1/t14-,17-/m1/s1. The molecule has 2 atom stereocenters. The van der Waals surface area contributed by atoms with E-state index in [9.17, 15) is 0 Å². The zero-order valence-corrected chi connectivity index (χ0v) is 14.5. The Hall–Kier alpha value is -1.72. The van der Waals surface area contributed by atoms with Gasteiger partial charge in [-0.3, -0.25) is 5.73 Å². The maximum absolute atomic E-state index is 6.27. The van der Waals surface area contributed by atoms with E-state index in [-0.39, 0.29) is 6.04 Å². The van der Waals surface area contributed by atoms with Crippen LogP contribution in [-0.4, -0.2) is 27.6 Å². The molecule has 4 rings (SSSR count). The van der Waals surface area contributed by atoms with Crippen LogP contribution in [0, 0.1) is 5.92 Å². The second-order valence-electron chi connectivity index (χ2n) is 5.64. The quantitative estimate of drug-likeness (QED) is 0.637. The molecule has 0 saturated carbocycles. The van der Waals surface area contributed by atoms with E-state index < -0.39 is 0 Å². The van der Waals surface area contributed by atoms with Crippen LogP contribution in [-0.2, 0) is 0 Å². The van der Waals surface area contributed by atoms with Crippen LogP contribution in [0.5, 0.6) is 0 Å². The topological polar surface area (TPSA) is 41.4 Å². The van der Waals surface area contributed by atoms with Crippen molar-refractivity contribution in [2.24, 2.45) is 16.8 Å². The Balaban J connectivity index is 1.87. The van der Waals surface area contributed by atoms with Crippen LogP contribution in [0.3, 0.4) is 0 Å². The number of hydrogen-bond acceptors (Lipinski definition) is 3. The van der Waals surface area contributed by atoms with E-state index in [4.69, 9.17) is 10.8 Å².